The molecular formula is C23H31N2O2+. The summed E-state index contributed by atoms with van der Waals surface area (Å²) in [6.45, 7) is 6.40. The van der Waals surface area contributed by atoms with Crippen molar-refractivity contribution in [2.24, 2.45) is 5.92 Å². The van der Waals surface area contributed by atoms with Crippen LogP contribution in [0.5, 0.6) is 5.75 Å². The van der Waals surface area contributed by atoms with Gasteiger partial charge in [0.2, 0.25) is 0 Å². The fourth-order valence-electron chi connectivity index (χ4n) is 4.61. The third-order valence-corrected chi connectivity index (χ3v) is 6.43. The number of carbonyl (C=O) groups excluding carboxylic acids is 1. The van der Waals surface area contributed by atoms with Crippen LogP contribution in [0.3, 0.4) is 0 Å². The number of hydrogen-bond donors (Lipinski definition) is 1. The normalized spacial score (nSPS) is 24.1. The molecule has 0 radical (unpaired) electrons. The first-order chi connectivity index (χ1) is 13.2. The minimum atomic E-state index is 0.111. The summed E-state index contributed by atoms with van der Waals surface area (Å²) in [5, 5.41) is 2.33. The number of quaternary nitrogens is 1. The number of nitrogens with zero attached hydrogens (tertiary/aromatic N) is 1. The molecule has 1 aliphatic heterocycles. The van der Waals surface area contributed by atoms with Crippen LogP contribution in [-0.4, -0.2) is 49.6 Å². The number of benzene rings is 2. The average Bonchev–Trinajstić information content (AvgIpc) is 2.72. The Morgan fingerprint density at radius 3 is 2.48 bits per heavy atom. The number of ether oxygens (including phenoxy) is 1. The first-order valence-electron chi connectivity index (χ1n) is 10.4. The molecule has 1 saturated heterocycles. The average molecular weight is 368 g/mol. The molecule has 2 aliphatic rings. The van der Waals surface area contributed by atoms with Crippen molar-refractivity contribution in [3.8, 4) is 5.75 Å². The molecule has 0 aromatic heterocycles. The van der Waals surface area contributed by atoms with Gasteiger partial charge in [0.25, 0.3) is 5.91 Å². The Labute approximate surface area is 162 Å². The van der Waals surface area contributed by atoms with Crippen LogP contribution in [-0.2, 0) is 4.79 Å². The summed E-state index contributed by atoms with van der Waals surface area (Å²) in [7, 11) is 0. The minimum absolute atomic E-state index is 0.111. The highest BCUT2D eigenvalue weighted by molar-refractivity contribution is 5.84. The van der Waals surface area contributed by atoms with Gasteiger partial charge in [-0.1, -0.05) is 37.3 Å². The highest BCUT2D eigenvalue weighted by Crippen LogP contribution is 2.22. The number of piperazine rings is 1. The molecule has 2 aromatic rings. The maximum absolute atomic E-state index is 12.6. The van der Waals surface area contributed by atoms with Crippen LogP contribution in [0, 0.1) is 5.92 Å². The standard InChI is InChI=1S/C23H30N2O2/c1-18-6-9-21(10-7-18)24-12-14-25(15-13-24)23(26)17-27-22-11-8-19-4-2-3-5-20(19)16-22/h2-5,8,11,16,18,21H,6-7,9-10,12-15,17H2,1H3/p+1. The monoisotopic (exact) mass is 367 g/mol. The van der Waals surface area contributed by atoms with E-state index in [1.807, 2.05) is 35.2 Å². The number of fused-ring (bicyclic) bond motifs is 1. The van der Waals surface area contributed by atoms with Gasteiger partial charge in [-0.15, -0.1) is 0 Å². The smallest absolute Gasteiger partial charge is 0.260 e. The lowest BCUT2D eigenvalue weighted by molar-refractivity contribution is -0.930. The lowest BCUT2D eigenvalue weighted by atomic mass is 9.86. The van der Waals surface area contributed by atoms with Crippen molar-refractivity contribution in [1.82, 2.24) is 4.90 Å². The van der Waals surface area contributed by atoms with Crippen LogP contribution in [0.1, 0.15) is 32.6 Å². The molecule has 1 saturated carbocycles. The van der Waals surface area contributed by atoms with Crippen molar-refractivity contribution in [2.75, 3.05) is 32.8 Å². The van der Waals surface area contributed by atoms with Crippen LogP contribution in [0.4, 0.5) is 0 Å². The van der Waals surface area contributed by atoms with Crippen molar-refractivity contribution < 1.29 is 14.4 Å². The molecule has 1 amide bonds. The number of rotatable bonds is 4. The fraction of sp³-hybridized carbons (Fsp3) is 0.522. The van der Waals surface area contributed by atoms with Crippen molar-refractivity contribution in [3.05, 3.63) is 42.5 Å². The summed E-state index contributed by atoms with van der Waals surface area (Å²) in [6, 6.07) is 15.0. The van der Waals surface area contributed by atoms with Gasteiger partial charge in [-0.3, -0.25) is 4.79 Å². The van der Waals surface area contributed by atoms with E-state index in [2.05, 4.69) is 19.1 Å². The van der Waals surface area contributed by atoms with Crippen LogP contribution >= 0.6 is 0 Å². The third kappa shape index (κ3) is 4.44. The van der Waals surface area contributed by atoms with Gasteiger partial charge < -0.3 is 14.5 Å². The fourth-order valence-corrected chi connectivity index (χ4v) is 4.61. The molecular weight excluding hydrogens is 336 g/mol. The van der Waals surface area contributed by atoms with E-state index in [9.17, 15) is 4.79 Å². The Bertz CT molecular complexity index is 775. The van der Waals surface area contributed by atoms with Crippen LogP contribution in [0.25, 0.3) is 10.8 Å². The van der Waals surface area contributed by atoms with Gasteiger partial charge in [0.05, 0.1) is 32.2 Å². The molecule has 0 unspecified atom stereocenters. The maximum Gasteiger partial charge on any atom is 0.260 e. The van der Waals surface area contributed by atoms with Gasteiger partial charge in [0, 0.05) is 0 Å². The van der Waals surface area contributed by atoms with Gasteiger partial charge >= 0.3 is 0 Å². The van der Waals surface area contributed by atoms with E-state index in [-0.39, 0.29) is 12.5 Å². The van der Waals surface area contributed by atoms with Gasteiger partial charge in [0.15, 0.2) is 6.61 Å². The lowest BCUT2D eigenvalue weighted by Gasteiger charge is -2.38. The highest BCUT2D eigenvalue weighted by atomic mass is 16.5. The zero-order valence-electron chi connectivity index (χ0n) is 16.3. The minimum Gasteiger partial charge on any atom is -0.484 e. The molecule has 144 valence electrons. The number of amides is 1. The topological polar surface area (TPSA) is 34.0 Å². The molecule has 2 aromatic carbocycles. The molecule has 1 aliphatic carbocycles. The number of carbonyl (C=O) groups is 1. The SMILES string of the molecule is CC1CCC([NH+]2CCN(C(=O)COc3ccc4ccccc4c3)CC2)CC1. The van der Waals surface area contributed by atoms with E-state index in [1.54, 1.807) is 4.90 Å². The van der Waals surface area contributed by atoms with E-state index in [0.29, 0.717) is 0 Å². The second kappa shape index (κ2) is 8.30. The summed E-state index contributed by atoms with van der Waals surface area (Å²) in [6.07, 6.45) is 5.46. The van der Waals surface area contributed by atoms with E-state index >= 15 is 0 Å². The first-order valence-corrected chi connectivity index (χ1v) is 10.4. The predicted octanol–water partition coefficient (Wildman–Crippen LogP) is 2.52. The van der Waals surface area contributed by atoms with E-state index < -0.39 is 0 Å². The summed E-state index contributed by atoms with van der Waals surface area (Å²) in [5.74, 6) is 1.78. The zero-order valence-corrected chi connectivity index (χ0v) is 16.3. The van der Waals surface area contributed by atoms with Crippen molar-refractivity contribution in [1.29, 1.82) is 0 Å². The molecule has 27 heavy (non-hydrogen) atoms. The van der Waals surface area contributed by atoms with E-state index in [4.69, 9.17) is 4.74 Å². The lowest BCUT2D eigenvalue weighted by Crippen LogP contribution is -3.18. The zero-order chi connectivity index (χ0) is 18.6. The Morgan fingerprint density at radius 2 is 1.74 bits per heavy atom. The molecule has 4 rings (SSSR count). The largest absolute Gasteiger partial charge is 0.484 e. The highest BCUT2D eigenvalue weighted by Gasteiger charge is 2.31. The molecule has 2 fully saturated rings. The number of nitrogens with one attached hydrogen (secondary N) is 1. The summed E-state index contributed by atoms with van der Waals surface area (Å²) >= 11 is 0. The van der Waals surface area contributed by atoms with Crippen LogP contribution in [0.15, 0.2) is 42.5 Å². The van der Waals surface area contributed by atoms with Crippen LogP contribution in [0.2, 0.25) is 0 Å². The van der Waals surface area contributed by atoms with Gasteiger partial charge in [-0.05, 0) is 54.5 Å². The second-order valence-electron chi connectivity index (χ2n) is 8.29. The van der Waals surface area contributed by atoms with Crippen LogP contribution < -0.4 is 9.64 Å². The molecule has 4 nitrogen and oxygen atoms in total. The van der Waals surface area contributed by atoms with E-state index in [1.165, 1.54) is 31.1 Å². The maximum atomic E-state index is 12.6. The molecule has 1 N–H and O–H groups in total. The third-order valence-electron chi connectivity index (χ3n) is 6.43. The Morgan fingerprint density at radius 1 is 1.04 bits per heavy atom. The summed E-state index contributed by atoms with van der Waals surface area (Å²) in [4.78, 5) is 16.2. The van der Waals surface area contributed by atoms with Crippen molar-refractivity contribution >= 4 is 16.7 Å². The van der Waals surface area contributed by atoms with Gasteiger partial charge in [-0.2, -0.15) is 0 Å². The summed E-state index contributed by atoms with van der Waals surface area (Å²) < 4.78 is 5.79. The second-order valence-corrected chi connectivity index (χ2v) is 8.29. The summed E-state index contributed by atoms with van der Waals surface area (Å²) in [5.41, 5.74) is 0. The number of hydrogen-bond acceptors (Lipinski definition) is 2. The van der Waals surface area contributed by atoms with Gasteiger partial charge in [0.1, 0.15) is 5.75 Å². The van der Waals surface area contributed by atoms with Gasteiger partial charge in [-0.25, -0.2) is 0 Å². The molecule has 4 heteroatoms. The molecule has 1 heterocycles. The predicted molar refractivity (Wildman–Crippen MR) is 108 cm³/mol. The Hall–Kier alpha value is -2.07. The molecule has 0 spiro atoms. The van der Waals surface area contributed by atoms with E-state index in [0.717, 1.165) is 49.3 Å². The Balaban J connectivity index is 1.25. The quantitative estimate of drug-likeness (QED) is 0.901. The first kappa shape index (κ1) is 18.3. The van der Waals surface area contributed by atoms with Crippen molar-refractivity contribution in [3.63, 3.8) is 0 Å². The molecule has 0 atom stereocenters. The van der Waals surface area contributed by atoms with Crippen molar-refractivity contribution in [2.45, 2.75) is 38.6 Å². The Kier molecular flexibility index (Phi) is 5.63. The molecule has 0 bridgehead atoms.